The van der Waals surface area contributed by atoms with Crippen LogP contribution in [0.25, 0.3) is 0 Å². The van der Waals surface area contributed by atoms with Gasteiger partial charge in [-0.1, -0.05) is 0 Å². The summed E-state index contributed by atoms with van der Waals surface area (Å²) in [4.78, 5) is 4.33. The molecule has 2 N–H and O–H groups in total. The molecule has 4 nitrogen and oxygen atoms in total. The molecule has 2 unspecified atom stereocenters. The van der Waals surface area contributed by atoms with Crippen LogP contribution in [0.15, 0.2) is 10.6 Å². The van der Waals surface area contributed by atoms with Crippen LogP contribution in [0.5, 0.6) is 0 Å². The van der Waals surface area contributed by atoms with Gasteiger partial charge in [-0.3, -0.25) is 0 Å². The van der Waals surface area contributed by atoms with Crippen LogP contribution in [0.3, 0.4) is 0 Å². The summed E-state index contributed by atoms with van der Waals surface area (Å²) in [7, 11) is 1.96. The Balaban J connectivity index is 1.86. The zero-order chi connectivity index (χ0) is 11.4. The molecule has 0 spiro atoms. The summed E-state index contributed by atoms with van der Waals surface area (Å²) in [6.07, 6.45) is 6.20. The molecule has 4 heteroatoms. The summed E-state index contributed by atoms with van der Waals surface area (Å²) in [5.74, 6) is 1.85. The second kappa shape index (κ2) is 5.46. The van der Waals surface area contributed by atoms with Crippen LogP contribution < -0.4 is 10.6 Å². The smallest absolute Gasteiger partial charge is 0.195 e. The van der Waals surface area contributed by atoms with Crippen LogP contribution >= 0.6 is 0 Å². The molecule has 1 fully saturated rings. The lowest BCUT2D eigenvalue weighted by molar-refractivity contribution is 0.413. The van der Waals surface area contributed by atoms with E-state index in [2.05, 4.69) is 22.5 Å². The minimum atomic E-state index is 0.436. The van der Waals surface area contributed by atoms with Gasteiger partial charge in [0.05, 0.1) is 6.20 Å². The van der Waals surface area contributed by atoms with Gasteiger partial charge in [0.2, 0.25) is 0 Å². The number of rotatable bonds is 5. The van der Waals surface area contributed by atoms with E-state index in [1.165, 1.54) is 12.8 Å². The Morgan fingerprint density at radius 2 is 2.56 bits per heavy atom. The minimum absolute atomic E-state index is 0.436. The maximum Gasteiger partial charge on any atom is 0.195 e. The van der Waals surface area contributed by atoms with Crippen LogP contribution in [0.4, 0.5) is 0 Å². The molecule has 0 aliphatic carbocycles. The molecule has 1 aromatic rings. The van der Waals surface area contributed by atoms with Gasteiger partial charge < -0.3 is 15.1 Å². The van der Waals surface area contributed by atoms with Crippen molar-refractivity contribution < 1.29 is 4.42 Å². The summed E-state index contributed by atoms with van der Waals surface area (Å²) in [6.45, 7) is 3.27. The van der Waals surface area contributed by atoms with E-state index in [1.807, 2.05) is 13.2 Å². The maximum absolute atomic E-state index is 5.73. The average Bonchev–Trinajstić information content (AvgIpc) is 2.91. The number of hydrogen-bond donors (Lipinski definition) is 2. The Bertz CT molecular complexity index is 318. The van der Waals surface area contributed by atoms with Crippen molar-refractivity contribution in [3.63, 3.8) is 0 Å². The van der Waals surface area contributed by atoms with Crippen LogP contribution in [-0.2, 0) is 12.8 Å². The summed E-state index contributed by atoms with van der Waals surface area (Å²) in [6, 6.07) is 0.999. The summed E-state index contributed by atoms with van der Waals surface area (Å²) >= 11 is 0. The lowest BCUT2D eigenvalue weighted by Gasteiger charge is -2.07. The normalized spacial score (nSPS) is 22.5. The standard InChI is InChI=1S/C12H21N3O/c1-9(13-2)6-11-8-15-12(16-11)7-10-4-3-5-14-10/h8-10,13-14H,3-7H2,1-2H3. The fraction of sp³-hybridized carbons (Fsp3) is 0.750. The van der Waals surface area contributed by atoms with Crippen molar-refractivity contribution >= 4 is 0 Å². The predicted octanol–water partition coefficient (Wildman–Crippen LogP) is 1.12. The summed E-state index contributed by atoms with van der Waals surface area (Å²) in [5.41, 5.74) is 0. The molecular formula is C12H21N3O. The molecule has 1 aromatic heterocycles. The van der Waals surface area contributed by atoms with E-state index in [0.717, 1.165) is 31.0 Å². The third-order valence-electron chi connectivity index (χ3n) is 3.19. The zero-order valence-electron chi connectivity index (χ0n) is 10.1. The first-order chi connectivity index (χ1) is 7.78. The summed E-state index contributed by atoms with van der Waals surface area (Å²) < 4.78 is 5.73. The molecule has 1 saturated heterocycles. The van der Waals surface area contributed by atoms with Gasteiger partial charge in [-0.25, -0.2) is 4.98 Å². The number of oxazole rings is 1. The highest BCUT2D eigenvalue weighted by atomic mass is 16.4. The van der Waals surface area contributed by atoms with E-state index in [0.29, 0.717) is 12.1 Å². The number of likely N-dealkylation sites (N-methyl/N-ethyl adjacent to an activating group) is 1. The number of nitrogens with one attached hydrogen (secondary N) is 2. The molecule has 0 amide bonds. The van der Waals surface area contributed by atoms with Gasteiger partial charge in [0.25, 0.3) is 0 Å². The molecule has 16 heavy (non-hydrogen) atoms. The second-order valence-electron chi connectivity index (χ2n) is 4.61. The van der Waals surface area contributed by atoms with E-state index in [1.54, 1.807) is 0 Å². The van der Waals surface area contributed by atoms with Crippen LogP contribution in [-0.4, -0.2) is 30.7 Å². The Kier molecular flexibility index (Phi) is 3.96. The van der Waals surface area contributed by atoms with E-state index in [9.17, 15) is 0 Å². The van der Waals surface area contributed by atoms with Crippen molar-refractivity contribution in [1.82, 2.24) is 15.6 Å². The van der Waals surface area contributed by atoms with Crippen molar-refractivity contribution in [1.29, 1.82) is 0 Å². The Morgan fingerprint density at radius 3 is 3.25 bits per heavy atom. The first-order valence-corrected chi connectivity index (χ1v) is 6.12. The third-order valence-corrected chi connectivity index (χ3v) is 3.19. The highest BCUT2D eigenvalue weighted by Crippen LogP contribution is 2.13. The van der Waals surface area contributed by atoms with Crippen molar-refractivity contribution in [3.05, 3.63) is 17.8 Å². The van der Waals surface area contributed by atoms with E-state index in [4.69, 9.17) is 4.42 Å². The van der Waals surface area contributed by atoms with Crippen molar-refractivity contribution in [2.24, 2.45) is 0 Å². The van der Waals surface area contributed by atoms with Gasteiger partial charge in [-0.2, -0.15) is 0 Å². The first kappa shape index (κ1) is 11.6. The molecule has 1 aliphatic heterocycles. The molecule has 0 bridgehead atoms. The monoisotopic (exact) mass is 223 g/mol. The molecule has 2 heterocycles. The highest BCUT2D eigenvalue weighted by molar-refractivity contribution is 4.98. The SMILES string of the molecule is CNC(C)Cc1cnc(CC2CCCN2)o1. The van der Waals surface area contributed by atoms with Gasteiger partial charge in [0, 0.05) is 24.9 Å². The maximum atomic E-state index is 5.73. The van der Waals surface area contributed by atoms with Crippen molar-refractivity contribution in [3.8, 4) is 0 Å². The van der Waals surface area contributed by atoms with E-state index >= 15 is 0 Å². The van der Waals surface area contributed by atoms with E-state index < -0.39 is 0 Å². The largest absolute Gasteiger partial charge is 0.446 e. The molecule has 2 rings (SSSR count). The first-order valence-electron chi connectivity index (χ1n) is 6.12. The van der Waals surface area contributed by atoms with Crippen molar-refractivity contribution in [2.45, 2.75) is 44.7 Å². The molecule has 2 atom stereocenters. The quantitative estimate of drug-likeness (QED) is 0.785. The number of nitrogens with zero attached hydrogens (tertiary/aromatic N) is 1. The number of aromatic nitrogens is 1. The number of hydrogen-bond acceptors (Lipinski definition) is 4. The van der Waals surface area contributed by atoms with Gasteiger partial charge in [0.15, 0.2) is 5.89 Å². The highest BCUT2D eigenvalue weighted by Gasteiger charge is 2.17. The van der Waals surface area contributed by atoms with Crippen LogP contribution in [0, 0.1) is 0 Å². The fourth-order valence-corrected chi connectivity index (χ4v) is 2.08. The van der Waals surface area contributed by atoms with Gasteiger partial charge in [0.1, 0.15) is 5.76 Å². The topological polar surface area (TPSA) is 50.1 Å². The van der Waals surface area contributed by atoms with Gasteiger partial charge >= 0.3 is 0 Å². The fourth-order valence-electron chi connectivity index (χ4n) is 2.08. The lowest BCUT2D eigenvalue weighted by atomic mass is 10.2. The van der Waals surface area contributed by atoms with Gasteiger partial charge in [-0.05, 0) is 33.4 Å². The minimum Gasteiger partial charge on any atom is -0.446 e. The molecule has 1 aliphatic rings. The molecule has 0 aromatic carbocycles. The van der Waals surface area contributed by atoms with Crippen LogP contribution in [0.2, 0.25) is 0 Å². The molecular weight excluding hydrogens is 202 g/mol. The Labute approximate surface area is 96.8 Å². The molecule has 0 radical (unpaired) electrons. The van der Waals surface area contributed by atoms with Crippen molar-refractivity contribution in [2.75, 3.05) is 13.6 Å². The van der Waals surface area contributed by atoms with Gasteiger partial charge in [-0.15, -0.1) is 0 Å². The predicted molar refractivity (Wildman–Crippen MR) is 63.5 cm³/mol. The zero-order valence-corrected chi connectivity index (χ0v) is 10.1. The molecule has 90 valence electrons. The van der Waals surface area contributed by atoms with E-state index in [-0.39, 0.29) is 0 Å². The molecule has 0 saturated carbocycles. The average molecular weight is 223 g/mol. The third kappa shape index (κ3) is 3.06. The second-order valence-corrected chi connectivity index (χ2v) is 4.61. The summed E-state index contributed by atoms with van der Waals surface area (Å²) in [5, 5.41) is 6.65. The lowest BCUT2D eigenvalue weighted by Crippen LogP contribution is -2.24. The Hall–Kier alpha value is -0.870. The Morgan fingerprint density at radius 1 is 1.69 bits per heavy atom. The van der Waals surface area contributed by atoms with Crippen LogP contribution in [0.1, 0.15) is 31.4 Å².